The van der Waals surface area contributed by atoms with Gasteiger partial charge in [0.25, 0.3) is 10.2 Å². The van der Waals surface area contributed by atoms with E-state index in [-0.39, 0.29) is 18.4 Å². The molecule has 146 valence electrons. The predicted octanol–water partition coefficient (Wildman–Crippen LogP) is -0.741. The quantitative estimate of drug-likeness (QED) is 0.593. The number of nitrogens with one attached hydrogen (secondary N) is 1. The van der Waals surface area contributed by atoms with Crippen LogP contribution in [0.4, 0.5) is 0 Å². The Balaban J connectivity index is 1.70. The second-order valence-corrected chi connectivity index (χ2v) is 9.42. The number of carbonyl (C=O) groups excluding carboxylic acids is 1. The number of amides is 1. The molecule has 0 aliphatic carbocycles. The first kappa shape index (κ1) is 20.6. The van der Waals surface area contributed by atoms with Crippen molar-refractivity contribution < 1.29 is 13.2 Å². The van der Waals surface area contributed by atoms with Gasteiger partial charge in [0, 0.05) is 59.9 Å². The second-order valence-electron chi connectivity index (χ2n) is 7.28. The summed E-state index contributed by atoms with van der Waals surface area (Å²) in [5, 5.41) is 2.99. The zero-order chi connectivity index (χ0) is 18.4. The minimum Gasteiger partial charge on any atom is -0.356 e. The van der Waals surface area contributed by atoms with Gasteiger partial charge in [0.15, 0.2) is 0 Å². The first-order valence-corrected chi connectivity index (χ1v) is 10.6. The highest BCUT2D eigenvalue weighted by atomic mass is 32.2. The Labute approximate surface area is 152 Å². The molecule has 1 amide bonds. The Morgan fingerprint density at radius 1 is 1.16 bits per heavy atom. The maximum Gasteiger partial charge on any atom is 0.281 e. The van der Waals surface area contributed by atoms with Gasteiger partial charge in [-0.3, -0.25) is 4.79 Å². The van der Waals surface area contributed by atoms with Crippen LogP contribution in [0.5, 0.6) is 0 Å². The van der Waals surface area contributed by atoms with Crippen LogP contribution in [-0.2, 0) is 15.0 Å². The van der Waals surface area contributed by atoms with E-state index in [0.717, 1.165) is 52.0 Å². The summed E-state index contributed by atoms with van der Waals surface area (Å²) in [6.07, 6.45) is 2.41. The van der Waals surface area contributed by atoms with Gasteiger partial charge < -0.3 is 15.1 Å². The Morgan fingerprint density at radius 3 is 2.48 bits per heavy atom. The van der Waals surface area contributed by atoms with Gasteiger partial charge in [-0.1, -0.05) is 0 Å². The molecule has 1 N–H and O–H groups in total. The topological polar surface area (TPSA) is 76.2 Å². The van der Waals surface area contributed by atoms with E-state index < -0.39 is 10.2 Å². The van der Waals surface area contributed by atoms with Crippen LogP contribution in [0.15, 0.2) is 0 Å². The zero-order valence-corrected chi connectivity index (χ0v) is 16.6. The highest BCUT2D eigenvalue weighted by Crippen LogP contribution is 2.20. The molecule has 0 aromatic heterocycles. The Hall–Kier alpha value is -0.740. The van der Waals surface area contributed by atoms with Crippen LogP contribution in [0.3, 0.4) is 0 Å². The Morgan fingerprint density at radius 2 is 1.84 bits per heavy atom. The molecule has 1 unspecified atom stereocenters. The summed E-state index contributed by atoms with van der Waals surface area (Å²) in [6, 6.07) is 0. The number of carbonyl (C=O) groups is 1. The van der Waals surface area contributed by atoms with E-state index in [9.17, 15) is 13.2 Å². The molecule has 25 heavy (non-hydrogen) atoms. The molecule has 0 radical (unpaired) electrons. The third-order valence-corrected chi connectivity index (χ3v) is 7.00. The highest BCUT2D eigenvalue weighted by Gasteiger charge is 2.33. The van der Waals surface area contributed by atoms with E-state index >= 15 is 0 Å². The molecule has 9 heteroatoms. The third kappa shape index (κ3) is 5.89. The van der Waals surface area contributed by atoms with Crippen LogP contribution in [-0.4, -0.2) is 106 Å². The van der Waals surface area contributed by atoms with Crippen LogP contribution in [0.2, 0.25) is 0 Å². The minimum absolute atomic E-state index is 0.0166. The van der Waals surface area contributed by atoms with E-state index in [0.29, 0.717) is 13.1 Å². The van der Waals surface area contributed by atoms with Gasteiger partial charge in [-0.25, -0.2) is 0 Å². The van der Waals surface area contributed by atoms with Gasteiger partial charge in [0.1, 0.15) is 0 Å². The van der Waals surface area contributed by atoms with Crippen LogP contribution < -0.4 is 5.32 Å². The van der Waals surface area contributed by atoms with Crippen molar-refractivity contribution >= 4 is 16.1 Å². The van der Waals surface area contributed by atoms with E-state index in [1.165, 1.54) is 22.7 Å². The fraction of sp³-hybridized carbons (Fsp3) is 0.938. The molecule has 1 atom stereocenters. The molecule has 2 heterocycles. The molecule has 0 bridgehead atoms. The summed E-state index contributed by atoms with van der Waals surface area (Å²) < 4.78 is 27.1. The van der Waals surface area contributed by atoms with E-state index in [1.807, 2.05) is 0 Å². The summed E-state index contributed by atoms with van der Waals surface area (Å²) in [4.78, 5) is 17.1. The normalized spacial score (nSPS) is 24.6. The summed E-state index contributed by atoms with van der Waals surface area (Å²) >= 11 is 0. The standard InChI is InChI=1S/C16H33N5O3S/c1-18(2)25(23,24)21-9-4-6-15(14-21)16(22)17-7-5-8-20-12-10-19(3)11-13-20/h15H,4-14H2,1-3H3,(H,17,22). The van der Waals surface area contributed by atoms with Crippen molar-refractivity contribution in [1.29, 1.82) is 0 Å². The molecule has 2 saturated heterocycles. The lowest BCUT2D eigenvalue weighted by atomic mass is 9.99. The average Bonchev–Trinajstić information content (AvgIpc) is 2.60. The monoisotopic (exact) mass is 375 g/mol. The Bertz CT molecular complexity index is 532. The largest absolute Gasteiger partial charge is 0.356 e. The predicted molar refractivity (Wildman–Crippen MR) is 98.5 cm³/mol. The van der Waals surface area contributed by atoms with Crippen molar-refractivity contribution in [2.45, 2.75) is 19.3 Å². The first-order valence-electron chi connectivity index (χ1n) is 9.17. The first-order chi connectivity index (χ1) is 11.8. The van der Waals surface area contributed by atoms with Crippen molar-refractivity contribution in [3.63, 3.8) is 0 Å². The Kier molecular flexibility index (Phi) is 7.63. The number of piperidine rings is 1. The lowest BCUT2D eigenvalue weighted by Crippen LogP contribution is -2.49. The summed E-state index contributed by atoms with van der Waals surface area (Å²) in [6.45, 7) is 6.81. The highest BCUT2D eigenvalue weighted by molar-refractivity contribution is 7.86. The molecular weight excluding hydrogens is 342 g/mol. The maximum atomic E-state index is 12.4. The van der Waals surface area contributed by atoms with Gasteiger partial charge in [0.05, 0.1) is 5.92 Å². The molecule has 2 aliphatic heterocycles. The molecule has 2 aliphatic rings. The van der Waals surface area contributed by atoms with Crippen molar-refractivity contribution in [1.82, 2.24) is 23.7 Å². The molecule has 0 aromatic carbocycles. The third-order valence-electron chi connectivity index (χ3n) is 5.09. The lowest BCUT2D eigenvalue weighted by Gasteiger charge is -2.33. The van der Waals surface area contributed by atoms with Crippen molar-refractivity contribution in [3.05, 3.63) is 0 Å². The maximum absolute atomic E-state index is 12.4. The van der Waals surface area contributed by atoms with Crippen molar-refractivity contribution in [3.8, 4) is 0 Å². The minimum atomic E-state index is -3.43. The number of piperazine rings is 1. The number of likely N-dealkylation sites (N-methyl/N-ethyl adjacent to an activating group) is 1. The summed E-state index contributed by atoms with van der Waals surface area (Å²) in [5.41, 5.74) is 0. The smallest absolute Gasteiger partial charge is 0.281 e. The zero-order valence-electron chi connectivity index (χ0n) is 15.8. The molecule has 0 saturated carbocycles. The van der Waals surface area contributed by atoms with Gasteiger partial charge in [-0.2, -0.15) is 17.0 Å². The van der Waals surface area contributed by atoms with E-state index in [4.69, 9.17) is 0 Å². The molecule has 0 aromatic rings. The van der Waals surface area contributed by atoms with Gasteiger partial charge >= 0.3 is 0 Å². The SMILES string of the molecule is CN1CCN(CCCNC(=O)C2CCCN(S(=O)(=O)N(C)C)C2)CC1. The fourth-order valence-corrected chi connectivity index (χ4v) is 4.52. The summed E-state index contributed by atoms with van der Waals surface area (Å²) in [5.74, 6) is -0.260. The number of hydrogen-bond donors (Lipinski definition) is 1. The molecular formula is C16H33N5O3S. The van der Waals surface area contributed by atoms with E-state index in [2.05, 4.69) is 22.2 Å². The molecule has 0 spiro atoms. The molecule has 2 fully saturated rings. The van der Waals surface area contributed by atoms with Crippen LogP contribution in [0.25, 0.3) is 0 Å². The van der Waals surface area contributed by atoms with Gasteiger partial charge in [-0.15, -0.1) is 0 Å². The van der Waals surface area contributed by atoms with Gasteiger partial charge in [0.2, 0.25) is 5.91 Å². The summed E-state index contributed by atoms with van der Waals surface area (Å²) in [7, 11) is 1.76. The molecule has 2 rings (SSSR count). The average molecular weight is 376 g/mol. The van der Waals surface area contributed by atoms with Crippen LogP contribution >= 0.6 is 0 Å². The van der Waals surface area contributed by atoms with Crippen LogP contribution in [0.1, 0.15) is 19.3 Å². The number of hydrogen-bond acceptors (Lipinski definition) is 5. The second kappa shape index (κ2) is 9.27. The lowest BCUT2D eigenvalue weighted by molar-refractivity contribution is -0.126. The molecule has 8 nitrogen and oxygen atoms in total. The van der Waals surface area contributed by atoms with E-state index in [1.54, 1.807) is 0 Å². The van der Waals surface area contributed by atoms with Gasteiger partial charge in [-0.05, 0) is 32.9 Å². The van der Waals surface area contributed by atoms with Crippen LogP contribution in [0, 0.1) is 5.92 Å². The van der Waals surface area contributed by atoms with Crippen molar-refractivity contribution in [2.75, 3.05) is 73.5 Å². The number of nitrogens with zero attached hydrogens (tertiary/aromatic N) is 4. The van der Waals surface area contributed by atoms with Crippen molar-refractivity contribution in [2.24, 2.45) is 5.92 Å². The number of rotatable bonds is 7. The fourth-order valence-electron chi connectivity index (χ4n) is 3.33.